The molecule has 11 heteroatoms. The number of aromatic nitrogens is 5. The van der Waals surface area contributed by atoms with Gasteiger partial charge in [-0.2, -0.15) is 5.10 Å². The summed E-state index contributed by atoms with van der Waals surface area (Å²) >= 11 is 0. The summed E-state index contributed by atoms with van der Waals surface area (Å²) in [6, 6.07) is 9.52. The predicted molar refractivity (Wildman–Crippen MR) is 158 cm³/mol. The van der Waals surface area contributed by atoms with E-state index in [0.29, 0.717) is 48.7 Å². The minimum absolute atomic E-state index is 0.308. The molecule has 0 spiro atoms. The summed E-state index contributed by atoms with van der Waals surface area (Å²) in [4.78, 5) is 27.8. The van der Waals surface area contributed by atoms with E-state index < -0.39 is 12.0 Å². The van der Waals surface area contributed by atoms with Crippen molar-refractivity contribution in [1.29, 1.82) is 0 Å². The highest BCUT2D eigenvalue weighted by molar-refractivity contribution is 5.88. The Hall–Kier alpha value is -4.12. The minimum Gasteiger partial charge on any atom is -0.492 e. The van der Waals surface area contributed by atoms with Crippen LogP contribution in [0.1, 0.15) is 49.1 Å². The highest BCUT2D eigenvalue weighted by Crippen LogP contribution is 2.21. The van der Waals surface area contributed by atoms with Gasteiger partial charge in [0.15, 0.2) is 5.65 Å². The van der Waals surface area contributed by atoms with E-state index in [-0.39, 0.29) is 5.82 Å². The van der Waals surface area contributed by atoms with E-state index >= 15 is 0 Å². The van der Waals surface area contributed by atoms with Gasteiger partial charge in [-0.1, -0.05) is 6.07 Å². The number of rotatable bonds is 15. The third-order valence-corrected chi connectivity index (χ3v) is 7.76. The van der Waals surface area contributed by atoms with Crippen LogP contribution in [0.15, 0.2) is 48.9 Å². The lowest BCUT2D eigenvalue weighted by Gasteiger charge is -2.25. The molecule has 1 aliphatic carbocycles. The van der Waals surface area contributed by atoms with E-state index in [4.69, 9.17) is 9.72 Å². The van der Waals surface area contributed by atoms with Crippen LogP contribution < -0.4 is 10.1 Å². The van der Waals surface area contributed by atoms with Crippen LogP contribution in [0.25, 0.3) is 11.0 Å². The molecule has 0 aliphatic heterocycles. The summed E-state index contributed by atoms with van der Waals surface area (Å²) in [6.07, 6.45) is 10.9. The Morgan fingerprint density at radius 3 is 2.76 bits per heavy atom. The molecule has 42 heavy (non-hydrogen) atoms. The fraction of sp³-hybridized carbons (Fsp3) is 0.452. The monoisotopic (exact) mass is 575 g/mol. The smallest absolute Gasteiger partial charge is 0.326 e. The molecule has 0 saturated carbocycles. The molecule has 5 rings (SSSR count). The van der Waals surface area contributed by atoms with Crippen LogP contribution in [0, 0.1) is 5.82 Å². The number of hydrogen-bond donors (Lipinski definition) is 2. The zero-order valence-electron chi connectivity index (χ0n) is 24.0. The van der Waals surface area contributed by atoms with Gasteiger partial charge >= 0.3 is 5.97 Å². The van der Waals surface area contributed by atoms with E-state index in [2.05, 4.69) is 37.4 Å². The van der Waals surface area contributed by atoms with Crippen molar-refractivity contribution >= 4 is 22.8 Å². The van der Waals surface area contributed by atoms with Crippen LogP contribution in [0.5, 0.6) is 5.75 Å². The van der Waals surface area contributed by atoms with Crippen LogP contribution in [0.4, 0.5) is 10.2 Å². The Morgan fingerprint density at radius 2 is 1.93 bits per heavy atom. The first-order chi connectivity index (χ1) is 20.5. The zero-order chi connectivity index (χ0) is 29.3. The molecule has 1 atom stereocenters. The normalized spacial score (nSPS) is 13.7. The standard InChI is InChI=1S/C31H38FN7O3/c1-38-30-26(20-35-38)29(33-21-34-30)37-28(31(40)41)15-17-39(18-19-42-25-13-10-23(32)11-14-25)16-5-4-7-24-12-9-22-6-2-3-8-27(22)36-24/h9-14,20-21,28H,2-8,15-19H2,1H3,(H,40,41)(H,33,34,37)/t28-/m0/s1. The molecule has 0 saturated heterocycles. The predicted octanol–water partition coefficient (Wildman–Crippen LogP) is 4.44. The van der Waals surface area contributed by atoms with E-state index in [0.717, 1.165) is 44.3 Å². The van der Waals surface area contributed by atoms with Gasteiger partial charge in [-0.15, -0.1) is 0 Å². The Balaban J connectivity index is 1.17. The maximum atomic E-state index is 13.3. The number of ether oxygens (including phenoxy) is 1. The highest BCUT2D eigenvalue weighted by Gasteiger charge is 2.21. The number of carboxylic acid groups (broad SMARTS) is 1. The maximum Gasteiger partial charge on any atom is 0.326 e. The first-order valence-corrected chi connectivity index (χ1v) is 14.7. The number of pyridine rings is 1. The van der Waals surface area contributed by atoms with E-state index in [1.807, 2.05) is 0 Å². The molecule has 0 fully saturated rings. The summed E-state index contributed by atoms with van der Waals surface area (Å²) in [5.41, 5.74) is 4.43. The number of nitrogens with zero attached hydrogens (tertiary/aromatic N) is 6. The number of anilines is 1. The first kappa shape index (κ1) is 29.4. The summed E-state index contributed by atoms with van der Waals surface area (Å²) < 4.78 is 20.7. The zero-order valence-corrected chi connectivity index (χ0v) is 24.0. The summed E-state index contributed by atoms with van der Waals surface area (Å²) in [5.74, 6) is -0.211. The Bertz CT molecular complexity index is 1480. The lowest BCUT2D eigenvalue weighted by molar-refractivity contribution is -0.138. The summed E-state index contributed by atoms with van der Waals surface area (Å²) in [7, 11) is 1.78. The molecule has 222 valence electrons. The minimum atomic E-state index is -0.952. The van der Waals surface area contributed by atoms with Gasteiger partial charge in [0.05, 0.1) is 11.6 Å². The first-order valence-electron chi connectivity index (χ1n) is 14.7. The van der Waals surface area contributed by atoms with Crippen LogP contribution in [0.2, 0.25) is 0 Å². The van der Waals surface area contributed by atoms with Gasteiger partial charge in [-0.25, -0.2) is 19.2 Å². The lowest BCUT2D eigenvalue weighted by Crippen LogP contribution is -2.37. The Morgan fingerprint density at radius 1 is 1.10 bits per heavy atom. The number of aryl methyl sites for hydroxylation is 4. The molecule has 2 N–H and O–H groups in total. The SMILES string of the molecule is Cn1ncc2c(N[C@@H](CCN(CCCCc3ccc4c(n3)CCCC4)CCOc3ccc(F)cc3)C(=O)O)ncnc21. The van der Waals surface area contributed by atoms with Gasteiger partial charge in [-0.3, -0.25) is 14.6 Å². The van der Waals surface area contributed by atoms with Crippen molar-refractivity contribution in [3.63, 3.8) is 0 Å². The quantitative estimate of drug-likeness (QED) is 0.198. The number of hydrogen-bond acceptors (Lipinski definition) is 8. The fourth-order valence-corrected chi connectivity index (χ4v) is 5.38. The van der Waals surface area contributed by atoms with Gasteiger partial charge in [0.1, 0.15) is 36.4 Å². The van der Waals surface area contributed by atoms with Crippen molar-refractivity contribution in [3.05, 3.63) is 71.7 Å². The highest BCUT2D eigenvalue weighted by atomic mass is 19.1. The van der Waals surface area contributed by atoms with Crippen LogP contribution >= 0.6 is 0 Å². The van der Waals surface area contributed by atoms with Crippen molar-refractivity contribution in [2.24, 2.45) is 7.05 Å². The van der Waals surface area contributed by atoms with Gasteiger partial charge in [0.25, 0.3) is 0 Å². The van der Waals surface area contributed by atoms with Gasteiger partial charge < -0.3 is 15.2 Å². The Labute approximate surface area is 245 Å². The Kier molecular flexibility index (Phi) is 9.91. The number of benzene rings is 1. The number of fused-ring (bicyclic) bond motifs is 2. The number of unbranched alkanes of at least 4 members (excludes halogenated alkanes) is 1. The molecule has 4 aromatic rings. The number of carboxylic acids is 1. The maximum absolute atomic E-state index is 13.3. The van der Waals surface area contributed by atoms with E-state index in [9.17, 15) is 14.3 Å². The van der Waals surface area contributed by atoms with Crippen molar-refractivity contribution in [1.82, 2.24) is 29.6 Å². The number of halogens is 1. The molecule has 3 aromatic heterocycles. The van der Waals surface area contributed by atoms with Crippen LogP contribution in [-0.2, 0) is 31.1 Å². The molecule has 0 amide bonds. The molecular formula is C31H38FN7O3. The fourth-order valence-electron chi connectivity index (χ4n) is 5.38. The second-order valence-electron chi connectivity index (χ2n) is 10.8. The van der Waals surface area contributed by atoms with Crippen LogP contribution in [0.3, 0.4) is 0 Å². The van der Waals surface area contributed by atoms with Crippen LogP contribution in [-0.4, -0.2) is 73.0 Å². The molecule has 10 nitrogen and oxygen atoms in total. The third kappa shape index (κ3) is 7.79. The molecule has 3 heterocycles. The lowest BCUT2D eigenvalue weighted by atomic mass is 9.95. The average molecular weight is 576 g/mol. The van der Waals surface area contributed by atoms with Crippen molar-refractivity contribution in [2.45, 2.75) is 57.4 Å². The molecule has 1 aromatic carbocycles. The second kappa shape index (κ2) is 14.2. The summed E-state index contributed by atoms with van der Waals surface area (Å²) in [5, 5.41) is 18.0. The molecular weight excluding hydrogens is 537 g/mol. The van der Waals surface area contributed by atoms with Gasteiger partial charge in [-0.05, 0) is 93.8 Å². The topological polar surface area (TPSA) is 118 Å². The van der Waals surface area contributed by atoms with Crippen molar-refractivity contribution < 1.29 is 19.0 Å². The average Bonchev–Trinajstić information content (AvgIpc) is 3.39. The van der Waals surface area contributed by atoms with Gasteiger partial charge in [0.2, 0.25) is 0 Å². The van der Waals surface area contributed by atoms with Gasteiger partial charge in [0, 0.05) is 31.5 Å². The molecule has 0 bridgehead atoms. The number of nitrogens with one attached hydrogen (secondary N) is 1. The number of carbonyl (C=O) groups is 1. The second-order valence-corrected chi connectivity index (χ2v) is 10.8. The van der Waals surface area contributed by atoms with Crippen molar-refractivity contribution in [3.8, 4) is 5.75 Å². The third-order valence-electron chi connectivity index (χ3n) is 7.76. The molecule has 0 unspecified atom stereocenters. The largest absolute Gasteiger partial charge is 0.492 e. The van der Waals surface area contributed by atoms with E-state index in [1.54, 1.807) is 30.1 Å². The molecule has 1 aliphatic rings. The van der Waals surface area contributed by atoms with E-state index in [1.165, 1.54) is 42.6 Å². The van der Waals surface area contributed by atoms with Crippen molar-refractivity contribution in [2.75, 3.05) is 31.6 Å². The number of aliphatic carboxylic acids is 1. The summed E-state index contributed by atoms with van der Waals surface area (Å²) in [6.45, 7) is 2.37. The molecule has 0 radical (unpaired) electrons.